The van der Waals surface area contributed by atoms with Gasteiger partial charge >= 0.3 is 6.18 Å². The van der Waals surface area contributed by atoms with Crippen molar-refractivity contribution in [1.82, 2.24) is 5.43 Å². The maximum absolute atomic E-state index is 12.8. The van der Waals surface area contributed by atoms with Crippen molar-refractivity contribution in [3.8, 4) is 0 Å². The average molecular weight is 498 g/mol. The van der Waals surface area contributed by atoms with E-state index in [1.807, 2.05) is 13.8 Å². The van der Waals surface area contributed by atoms with Gasteiger partial charge in [0.25, 0.3) is 15.9 Å². The smallest absolute Gasteiger partial charge is 0.298 e. The Morgan fingerprint density at radius 2 is 1.64 bits per heavy atom. The summed E-state index contributed by atoms with van der Waals surface area (Å²) in [6.45, 7) is 3.74. The second-order valence-electron chi connectivity index (χ2n) is 7.20. The van der Waals surface area contributed by atoms with E-state index in [2.05, 4.69) is 15.6 Å². The van der Waals surface area contributed by atoms with Crippen LogP contribution in [0.4, 0.5) is 24.5 Å². The Morgan fingerprint density at radius 3 is 2.30 bits per heavy atom. The van der Waals surface area contributed by atoms with Gasteiger partial charge in [-0.15, -0.1) is 0 Å². The van der Waals surface area contributed by atoms with Crippen LogP contribution in [0.2, 0.25) is 5.02 Å². The topological polar surface area (TPSA) is 87.3 Å². The highest BCUT2D eigenvalue weighted by atomic mass is 35.5. The maximum Gasteiger partial charge on any atom is 0.416 e. The van der Waals surface area contributed by atoms with Crippen LogP contribution in [0.15, 0.2) is 65.6 Å². The van der Waals surface area contributed by atoms with Crippen molar-refractivity contribution in [2.45, 2.75) is 24.9 Å². The number of hydrogen-bond donors (Lipinski definition) is 3. The van der Waals surface area contributed by atoms with Crippen LogP contribution in [0.25, 0.3) is 0 Å². The molecular weight excluding hydrogens is 479 g/mol. The molecule has 3 aromatic carbocycles. The molecule has 0 spiro atoms. The number of amides is 1. The van der Waals surface area contributed by atoms with Crippen molar-refractivity contribution in [3.05, 3.63) is 87.9 Å². The third-order valence-electron chi connectivity index (χ3n) is 4.76. The van der Waals surface area contributed by atoms with Gasteiger partial charge in [0, 0.05) is 5.69 Å². The lowest BCUT2D eigenvalue weighted by atomic mass is 10.1. The normalized spacial score (nSPS) is 11.7. The summed E-state index contributed by atoms with van der Waals surface area (Å²) in [5.41, 5.74) is 5.74. The SMILES string of the molecule is Cc1ccc(NS(=O)(=O)c2ccc(Cl)c(C(=O)NNc3cccc(C(F)(F)F)c3)c2)cc1C. The summed E-state index contributed by atoms with van der Waals surface area (Å²) >= 11 is 6.05. The molecule has 0 bridgehead atoms. The maximum atomic E-state index is 12.8. The van der Waals surface area contributed by atoms with Crippen molar-refractivity contribution in [1.29, 1.82) is 0 Å². The number of anilines is 2. The van der Waals surface area contributed by atoms with Crippen LogP contribution in [0.3, 0.4) is 0 Å². The van der Waals surface area contributed by atoms with Crippen LogP contribution in [0.1, 0.15) is 27.0 Å². The molecule has 0 unspecified atom stereocenters. The van der Waals surface area contributed by atoms with Gasteiger partial charge in [0.05, 0.1) is 26.7 Å². The number of sulfonamides is 1. The van der Waals surface area contributed by atoms with Crippen molar-refractivity contribution in [3.63, 3.8) is 0 Å². The van der Waals surface area contributed by atoms with Gasteiger partial charge in [-0.05, 0) is 73.5 Å². The number of alkyl halides is 3. The van der Waals surface area contributed by atoms with Crippen LogP contribution >= 0.6 is 11.6 Å². The Labute approximate surface area is 193 Å². The minimum absolute atomic E-state index is 0.0190. The minimum Gasteiger partial charge on any atom is -0.298 e. The van der Waals surface area contributed by atoms with E-state index in [4.69, 9.17) is 11.6 Å². The van der Waals surface area contributed by atoms with Gasteiger partial charge in [0.1, 0.15) is 0 Å². The summed E-state index contributed by atoms with van der Waals surface area (Å²) in [5.74, 6) is -0.833. The first-order chi connectivity index (χ1) is 15.4. The number of nitrogens with one attached hydrogen (secondary N) is 3. The zero-order valence-electron chi connectivity index (χ0n) is 17.4. The minimum atomic E-state index is -4.54. The Kier molecular flexibility index (Phi) is 6.89. The van der Waals surface area contributed by atoms with Crippen molar-refractivity contribution >= 4 is 38.9 Å². The van der Waals surface area contributed by atoms with E-state index >= 15 is 0 Å². The molecule has 0 saturated carbocycles. The van der Waals surface area contributed by atoms with Gasteiger partial charge in [-0.25, -0.2) is 8.42 Å². The number of rotatable bonds is 6. The number of halogens is 4. The van der Waals surface area contributed by atoms with E-state index in [9.17, 15) is 26.4 Å². The first-order valence-electron chi connectivity index (χ1n) is 9.50. The average Bonchev–Trinajstić information content (AvgIpc) is 2.74. The first kappa shape index (κ1) is 24.4. The van der Waals surface area contributed by atoms with Crippen molar-refractivity contribution in [2.24, 2.45) is 0 Å². The second-order valence-corrected chi connectivity index (χ2v) is 9.29. The molecule has 0 atom stereocenters. The monoisotopic (exact) mass is 497 g/mol. The number of hydrogen-bond acceptors (Lipinski definition) is 4. The molecule has 3 rings (SSSR count). The quantitative estimate of drug-likeness (QED) is 0.391. The van der Waals surface area contributed by atoms with Crippen LogP contribution in [-0.4, -0.2) is 14.3 Å². The number of carbonyl (C=O) groups excluding carboxylic acids is 1. The van der Waals surface area contributed by atoms with Crippen LogP contribution in [0, 0.1) is 13.8 Å². The van der Waals surface area contributed by atoms with Gasteiger partial charge in [-0.2, -0.15) is 13.2 Å². The van der Waals surface area contributed by atoms with Crippen molar-refractivity contribution in [2.75, 3.05) is 10.1 Å². The molecule has 0 aliphatic carbocycles. The second kappa shape index (κ2) is 9.32. The third-order valence-corrected chi connectivity index (χ3v) is 6.47. The zero-order valence-corrected chi connectivity index (χ0v) is 19.0. The summed E-state index contributed by atoms with van der Waals surface area (Å²) in [6.07, 6.45) is -4.54. The first-order valence-corrected chi connectivity index (χ1v) is 11.4. The van der Waals surface area contributed by atoms with E-state index in [0.29, 0.717) is 5.69 Å². The Hall–Kier alpha value is -3.24. The molecule has 0 saturated heterocycles. The van der Waals surface area contributed by atoms with E-state index < -0.39 is 27.7 Å². The summed E-state index contributed by atoms with van der Waals surface area (Å²) in [7, 11) is -4.04. The molecule has 33 heavy (non-hydrogen) atoms. The third kappa shape index (κ3) is 5.96. The summed E-state index contributed by atoms with van der Waals surface area (Å²) in [6, 6.07) is 12.8. The fraction of sp³-hybridized carbons (Fsp3) is 0.136. The predicted octanol–water partition coefficient (Wildman–Crippen LogP) is 5.53. The van der Waals surface area contributed by atoms with Gasteiger partial charge in [-0.1, -0.05) is 23.7 Å². The molecule has 0 aliphatic rings. The standard InChI is InChI=1S/C22H19ClF3N3O3S/c1-13-6-7-17(10-14(13)2)29-33(31,32)18-8-9-20(23)19(12-18)21(30)28-27-16-5-3-4-15(11-16)22(24,25)26/h3-12,27,29H,1-2H3,(H,28,30). The van der Waals surface area contributed by atoms with Gasteiger partial charge in [0.15, 0.2) is 0 Å². The molecule has 6 nitrogen and oxygen atoms in total. The molecule has 3 N–H and O–H groups in total. The lowest BCUT2D eigenvalue weighted by molar-refractivity contribution is -0.137. The van der Waals surface area contributed by atoms with Crippen LogP contribution in [-0.2, 0) is 16.2 Å². The largest absolute Gasteiger partial charge is 0.416 e. The number of benzene rings is 3. The Morgan fingerprint density at radius 1 is 0.909 bits per heavy atom. The summed E-state index contributed by atoms with van der Waals surface area (Å²) < 4.78 is 66.5. The molecule has 0 radical (unpaired) electrons. The highest BCUT2D eigenvalue weighted by Crippen LogP contribution is 2.30. The molecule has 0 heterocycles. The number of aryl methyl sites for hydroxylation is 2. The predicted molar refractivity (Wildman–Crippen MR) is 121 cm³/mol. The molecule has 11 heteroatoms. The van der Waals surface area contributed by atoms with Crippen molar-refractivity contribution < 1.29 is 26.4 Å². The lowest BCUT2D eigenvalue weighted by Crippen LogP contribution is -2.30. The van der Waals surface area contributed by atoms with E-state index in [1.54, 1.807) is 18.2 Å². The Balaban J connectivity index is 1.79. The molecular formula is C22H19ClF3N3O3S. The fourth-order valence-corrected chi connectivity index (χ4v) is 4.11. The molecule has 0 fully saturated rings. The molecule has 3 aromatic rings. The highest BCUT2D eigenvalue weighted by Gasteiger charge is 2.30. The highest BCUT2D eigenvalue weighted by molar-refractivity contribution is 7.92. The molecule has 0 aliphatic heterocycles. The molecule has 0 aromatic heterocycles. The van der Waals surface area contributed by atoms with E-state index in [1.165, 1.54) is 24.3 Å². The van der Waals surface area contributed by atoms with Gasteiger partial charge in [0.2, 0.25) is 0 Å². The van der Waals surface area contributed by atoms with E-state index in [0.717, 1.165) is 29.3 Å². The molecule has 1 amide bonds. The summed E-state index contributed by atoms with van der Waals surface area (Å²) in [5, 5.41) is -0.0385. The van der Waals surface area contributed by atoms with Crippen LogP contribution in [0.5, 0.6) is 0 Å². The van der Waals surface area contributed by atoms with E-state index in [-0.39, 0.29) is 21.2 Å². The van der Waals surface area contributed by atoms with Gasteiger partial charge in [-0.3, -0.25) is 20.4 Å². The Bertz CT molecular complexity index is 1310. The number of carbonyl (C=O) groups is 1. The summed E-state index contributed by atoms with van der Waals surface area (Å²) in [4.78, 5) is 12.3. The fourth-order valence-electron chi connectivity index (χ4n) is 2.83. The lowest BCUT2D eigenvalue weighted by Gasteiger charge is -2.13. The zero-order chi connectivity index (χ0) is 24.4. The number of hydrazine groups is 1. The van der Waals surface area contributed by atoms with Crippen LogP contribution < -0.4 is 15.6 Å². The molecule has 174 valence electrons. The van der Waals surface area contributed by atoms with Gasteiger partial charge < -0.3 is 0 Å².